The third-order valence-corrected chi connectivity index (χ3v) is 4.05. The molecule has 20 heavy (non-hydrogen) atoms. The highest BCUT2D eigenvalue weighted by Crippen LogP contribution is 2.04. The minimum Gasteiger partial charge on any atom is -0.356 e. The maximum absolute atomic E-state index is 4.27. The fourth-order valence-electron chi connectivity index (χ4n) is 1.99. The second-order valence-corrected chi connectivity index (χ2v) is 5.84. The molecule has 0 aromatic rings. The Balaban J connectivity index is 3.71. The highest BCUT2D eigenvalue weighted by atomic mass is 15.2. The lowest BCUT2D eigenvalue weighted by atomic mass is 10.0. The lowest BCUT2D eigenvalue weighted by Gasteiger charge is -2.21. The molecule has 0 atom stereocenters. The van der Waals surface area contributed by atoms with Crippen LogP contribution in [0.5, 0.6) is 0 Å². The van der Waals surface area contributed by atoms with Crippen LogP contribution < -0.4 is 10.6 Å². The zero-order chi connectivity index (χ0) is 15.4. The van der Waals surface area contributed by atoms with Gasteiger partial charge in [0.05, 0.1) is 0 Å². The Hall–Kier alpha value is -0.770. The molecule has 0 rings (SSSR count). The number of guanidine groups is 1. The Kier molecular flexibility index (Phi) is 11.5. The first kappa shape index (κ1) is 19.2. The SMILES string of the molecule is CCC(CC)CNC(=NC)NCCCCN(C)C(C)C. The van der Waals surface area contributed by atoms with Crippen LogP contribution in [0.3, 0.4) is 0 Å². The molecule has 0 aliphatic carbocycles. The molecule has 0 heterocycles. The van der Waals surface area contributed by atoms with E-state index in [2.05, 4.69) is 55.3 Å². The molecule has 0 saturated heterocycles. The molecule has 4 nitrogen and oxygen atoms in total. The molecule has 0 aliphatic rings. The first-order valence-corrected chi connectivity index (χ1v) is 8.19. The molecule has 2 N–H and O–H groups in total. The number of nitrogens with one attached hydrogen (secondary N) is 2. The van der Waals surface area contributed by atoms with Crippen LogP contribution in [0.15, 0.2) is 4.99 Å². The molecule has 120 valence electrons. The van der Waals surface area contributed by atoms with Crippen molar-refractivity contribution in [3.05, 3.63) is 0 Å². The first-order valence-electron chi connectivity index (χ1n) is 8.19. The topological polar surface area (TPSA) is 39.7 Å². The van der Waals surface area contributed by atoms with Crippen LogP contribution in [0.4, 0.5) is 0 Å². The Morgan fingerprint density at radius 1 is 1.10 bits per heavy atom. The van der Waals surface area contributed by atoms with E-state index in [9.17, 15) is 0 Å². The van der Waals surface area contributed by atoms with E-state index in [4.69, 9.17) is 0 Å². The molecule has 0 unspecified atom stereocenters. The van der Waals surface area contributed by atoms with E-state index in [0.717, 1.165) is 25.0 Å². The van der Waals surface area contributed by atoms with E-state index in [1.165, 1.54) is 32.2 Å². The first-order chi connectivity index (χ1) is 9.54. The minimum atomic E-state index is 0.636. The Morgan fingerprint density at radius 3 is 2.25 bits per heavy atom. The molecule has 0 bridgehead atoms. The lowest BCUT2D eigenvalue weighted by molar-refractivity contribution is 0.268. The summed E-state index contributed by atoms with van der Waals surface area (Å²) >= 11 is 0. The number of hydrogen-bond donors (Lipinski definition) is 2. The molecule has 0 aromatic heterocycles. The third-order valence-electron chi connectivity index (χ3n) is 4.05. The van der Waals surface area contributed by atoms with Crippen molar-refractivity contribution < 1.29 is 0 Å². The molecule has 0 fully saturated rings. The fourth-order valence-corrected chi connectivity index (χ4v) is 1.99. The van der Waals surface area contributed by atoms with E-state index in [1.807, 2.05) is 7.05 Å². The van der Waals surface area contributed by atoms with Crippen LogP contribution >= 0.6 is 0 Å². The van der Waals surface area contributed by atoms with Crippen LogP contribution in [-0.2, 0) is 0 Å². The highest BCUT2D eigenvalue weighted by molar-refractivity contribution is 5.79. The second kappa shape index (κ2) is 12.0. The second-order valence-electron chi connectivity index (χ2n) is 5.84. The molecule has 0 amide bonds. The predicted molar refractivity (Wildman–Crippen MR) is 90.4 cm³/mol. The number of rotatable bonds is 10. The predicted octanol–water partition coefficient (Wildman–Crippen LogP) is 2.71. The monoisotopic (exact) mass is 284 g/mol. The van der Waals surface area contributed by atoms with Crippen molar-refractivity contribution in [1.29, 1.82) is 0 Å². The largest absolute Gasteiger partial charge is 0.356 e. The van der Waals surface area contributed by atoms with E-state index < -0.39 is 0 Å². The van der Waals surface area contributed by atoms with Gasteiger partial charge in [-0.2, -0.15) is 0 Å². The zero-order valence-corrected chi connectivity index (χ0v) is 14.5. The normalized spacial score (nSPS) is 12.6. The molecular formula is C16H36N4. The smallest absolute Gasteiger partial charge is 0.190 e. The molecular weight excluding hydrogens is 248 g/mol. The van der Waals surface area contributed by atoms with Gasteiger partial charge in [0.15, 0.2) is 5.96 Å². The van der Waals surface area contributed by atoms with Gasteiger partial charge in [-0.25, -0.2) is 0 Å². The van der Waals surface area contributed by atoms with Gasteiger partial charge in [0.25, 0.3) is 0 Å². The highest BCUT2D eigenvalue weighted by Gasteiger charge is 2.05. The van der Waals surface area contributed by atoms with E-state index in [0.29, 0.717) is 6.04 Å². The summed E-state index contributed by atoms with van der Waals surface area (Å²) in [4.78, 5) is 6.66. The van der Waals surface area contributed by atoms with Gasteiger partial charge in [-0.1, -0.05) is 26.7 Å². The summed E-state index contributed by atoms with van der Waals surface area (Å²) in [7, 11) is 4.03. The van der Waals surface area contributed by atoms with Gasteiger partial charge in [-0.15, -0.1) is 0 Å². The molecule has 0 aromatic carbocycles. The van der Waals surface area contributed by atoms with Gasteiger partial charge in [-0.3, -0.25) is 4.99 Å². The minimum absolute atomic E-state index is 0.636. The third kappa shape index (κ3) is 9.18. The van der Waals surface area contributed by atoms with Gasteiger partial charge < -0.3 is 15.5 Å². The van der Waals surface area contributed by atoms with Gasteiger partial charge in [0.1, 0.15) is 0 Å². The van der Waals surface area contributed by atoms with Crippen LogP contribution in [0, 0.1) is 5.92 Å². The van der Waals surface area contributed by atoms with Crippen molar-refractivity contribution in [1.82, 2.24) is 15.5 Å². The van der Waals surface area contributed by atoms with E-state index >= 15 is 0 Å². The van der Waals surface area contributed by atoms with Crippen molar-refractivity contribution in [2.75, 3.05) is 33.7 Å². The maximum atomic E-state index is 4.27. The number of unbranched alkanes of at least 4 members (excludes halogenated alkanes) is 1. The van der Waals surface area contributed by atoms with Crippen LogP contribution in [0.1, 0.15) is 53.4 Å². The molecule has 0 saturated carbocycles. The van der Waals surface area contributed by atoms with Crippen molar-refractivity contribution in [2.24, 2.45) is 10.9 Å². The maximum Gasteiger partial charge on any atom is 0.190 e. The summed E-state index contributed by atoms with van der Waals surface area (Å²) in [6, 6.07) is 0.636. The molecule has 0 spiro atoms. The summed E-state index contributed by atoms with van der Waals surface area (Å²) in [5, 5.41) is 6.81. The number of hydrogen-bond acceptors (Lipinski definition) is 2. The van der Waals surface area contributed by atoms with Gasteiger partial charge in [0, 0.05) is 26.2 Å². The van der Waals surface area contributed by atoms with Crippen molar-refractivity contribution >= 4 is 5.96 Å². The van der Waals surface area contributed by atoms with Crippen LogP contribution in [0.2, 0.25) is 0 Å². The van der Waals surface area contributed by atoms with Crippen molar-refractivity contribution in [3.8, 4) is 0 Å². The van der Waals surface area contributed by atoms with Crippen LogP contribution in [0.25, 0.3) is 0 Å². The average Bonchev–Trinajstić information content (AvgIpc) is 2.45. The average molecular weight is 284 g/mol. The number of aliphatic imine (C=N–C) groups is 1. The molecule has 0 radical (unpaired) electrons. The summed E-state index contributed by atoms with van der Waals surface area (Å²) in [6.45, 7) is 12.1. The van der Waals surface area contributed by atoms with Crippen LogP contribution in [-0.4, -0.2) is 50.6 Å². The van der Waals surface area contributed by atoms with Gasteiger partial charge in [0.2, 0.25) is 0 Å². The zero-order valence-electron chi connectivity index (χ0n) is 14.5. The van der Waals surface area contributed by atoms with E-state index in [-0.39, 0.29) is 0 Å². The lowest BCUT2D eigenvalue weighted by Crippen LogP contribution is -2.40. The summed E-state index contributed by atoms with van der Waals surface area (Å²) in [5.41, 5.74) is 0. The molecule has 0 aliphatic heterocycles. The quantitative estimate of drug-likeness (QED) is 0.368. The summed E-state index contributed by atoms with van der Waals surface area (Å²) < 4.78 is 0. The summed E-state index contributed by atoms with van der Waals surface area (Å²) in [5.74, 6) is 1.68. The van der Waals surface area contributed by atoms with Crippen molar-refractivity contribution in [2.45, 2.75) is 59.4 Å². The molecule has 4 heteroatoms. The van der Waals surface area contributed by atoms with E-state index in [1.54, 1.807) is 0 Å². The van der Waals surface area contributed by atoms with Gasteiger partial charge >= 0.3 is 0 Å². The van der Waals surface area contributed by atoms with Crippen molar-refractivity contribution in [3.63, 3.8) is 0 Å². The standard InChI is InChI=1S/C16H36N4/c1-7-15(8-2)13-19-16(17-5)18-11-9-10-12-20(6)14(3)4/h14-15H,7-13H2,1-6H3,(H2,17,18,19). The Morgan fingerprint density at radius 2 is 1.75 bits per heavy atom. The van der Waals surface area contributed by atoms with Gasteiger partial charge in [-0.05, 0) is 46.2 Å². The fraction of sp³-hybridized carbons (Fsp3) is 0.938. The number of nitrogens with zero attached hydrogens (tertiary/aromatic N) is 2. The summed E-state index contributed by atoms with van der Waals surface area (Å²) in [6.07, 6.45) is 4.86. The Labute approximate surface area is 126 Å². The Bertz CT molecular complexity index is 247.